The third kappa shape index (κ3) is 67.0. The van der Waals surface area contributed by atoms with Crippen molar-refractivity contribution in [2.75, 3.05) is 13.2 Å². The molecule has 0 heterocycles. The summed E-state index contributed by atoms with van der Waals surface area (Å²) >= 11 is 0. The molecule has 0 aromatic heterocycles. The molecule has 0 N–H and O–H groups in total. The van der Waals surface area contributed by atoms with Crippen LogP contribution in [0.15, 0.2) is 97.2 Å². The monoisotopic (exact) mass is 1130 g/mol. The molecule has 0 rings (SSSR count). The maximum Gasteiger partial charge on any atom is 0.306 e. The van der Waals surface area contributed by atoms with Crippen molar-refractivity contribution in [3.8, 4) is 0 Å². The lowest BCUT2D eigenvalue weighted by molar-refractivity contribution is -0.167. The summed E-state index contributed by atoms with van der Waals surface area (Å²) in [7, 11) is 0. The SMILES string of the molecule is CC/C=C\C/C=C\C/C=C\C/C=C\C/C=C\C/C=C\CCCCC(=O)OC(COC(=O)CCCCCCC/C=C\CCCC)COC(=O)CCCCCCCCCCCCCCCCCCCCC/C=C\CCCCCCCCCC. The minimum Gasteiger partial charge on any atom is -0.462 e. The number of rotatable bonds is 63. The highest BCUT2D eigenvalue weighted by Gasteiger charge is 2.19. The number of esters is 3. The summed E-state index contributed by atoms with van der Waals surface area (Å²) in [5.41, 5.74) is 0. The van der Waals surface area contributed by atoms with Gasteiger partial charge in [-0.1, -0.05) is 304 Å². The molecule has 0 aromatic carbocycles. The summed E-state index contributed by atoms with van der Waals surface area (Å²) in [6.07, 6.45) is 93.1. The number of unbranched alkanes of at least 4 members (excludes halogenated alkanes) is 36. The summed E-state index contributed by atoms with van der Waals surface area (Å²) in [5, 5.41) is 0. The first kappa shape index (κ1) is 77.3. The van der Waals surface area contributed by atoms with Gasteiger partial charge in [-0.15, -0.1) is 0 Å². The lowest BCUT2D eigenvalue weighted by atomic mass is 10.0. The Bertz CT molecular complexity index is 1580. The van der Waals surface area contributed by atoms with Crippen LogP contribution >= 0.6 is 0 Å². The molecular weight excluding hydrogens is 997 g/mol. The fraction of sp³-hybridized carbons (Fsp3) is 0.747. The number of hydrogen-bond donors (Lipinski definition) is 0. The largest absolute Gasteiger partial charge is 0.462 e. The third-order valence-corrected chi connectivity index (χ3v) is 15.0. The zero-order valence-electron chi connectivity index (χ0n) is 53.5. The van der Waals surface area contributed by atoms with Crippen molar-refractivity contribution in [1.82, 2.24) is 0 Å². The first-order valence-corrected chi connectivity index (χ1v) is 34.7. The molecule has 0 amide bonds. The molecule has 0 bridgehead atoms. The van der Waals surface area contributed by atoms with E-state index in [2.05, 4.69) is 118 Å². The summed E-state index contributed by atoms with van der Waals surface area (Å²) < 4.78 is 16.9. The van der Waals surface area contributed by atoms with Crippen LogP contribution < -0.4 is 0 Å². The quantitative estimate of drug-likeness (QED) is 0.0261. The van der Waals surface area contributed by atoms with Gasteiger partial charge in [-0.05, 0) is 116 Å². The summed E-state index contributed by atoms with van der Waals surface area (Å²) in [5.74, 6) is -0.939. The Labute approximate surface area is 502 Å². The molecule has 0 radical (unpaired) electrons. The zero-order chi connectivity index (χ0) is 58.5. The fourth-order valence-corrected chi connectivity index (χ4v) is 9.84. The van der Waals surface area contributed by atoms with Gasteiger partial charge in [-0.2, -0.15) is 0 Å². The van der Waals surface area contributed by atoms with E-state index in [0.29, 0.717) is 19.3 Å². The second kappa shape index (κ2) is 68.8. The lowest BCUT2D eigenvalue weighted by Gasteiger charge is -2.18. The standard InChI is InChI=1S/C75H130O6/c1-4-7-10-13-16-19-22-24-26-28-30-32-33-34-35-36-37-38-39-40-41-43-44-46-48-50-53-56-59-62-65-68-74(77)80-71-72(70-79-73(76)67-64-61-58-55-52-21-18-15-12-9-6-3)81-75(78)69-66-63-60-57-54-51-49-47-45-42-31-29-27-25-23-20-17-14-11-8-5-2/h8,11,15,17-18,20,25,27-28,30-31,42,47,49,54,57,72H,4-7,9-10,12-14,16,19,21-24,26,29,32-41,43-46,48,50-53,55-56,58-71H2,1-3H3/b11-8-,18-15-,20-17-,27-25-,30-28-,42-31-,49-47-,57-54-. The van der Waals surface area contributed by atoms with E-state index in [1.807, 2.05) is 0 Å². The van der Waals surface area contributed by atoms with Gasteiger partial charge in [0, 0.05) is 19.3 Å². The summed E-state index contributed by atoms with van der Waals surface area (Å²) in [4.78, 5) is 38.3. The Kier molecular flexibility index (Phi) is 65.7. The average molecular weight is 1130 g/mol. The maximum atomic E-state index is 12.9. The molecule has 0 aliphatic heterocycles. The third-order valence-electron chi connectivity index (χ3n) is 15.0. The Morgan fingerprint density at radius 3 is 0.827 bits per heavy atom. The number of hydrogen-bond acceptors (Lipinski definition) is 6. The van der Waals surface area contributed by atoms with Crippen molar-refractivity contribution in [2.45, 2.75) is 348 Å². The number of carbonyl (C=O) groups excluding carboxylic acids is 3. The van der Waals surface area contributed by atoms with Gasteiger partial charge in [0.1, 0.15) is 13.2 Å². The van der Waals surface area contributed by atoms with E-state index in [4.69, 9.17) is 14.2 Å². The average Bonchev–Trinajstić information content (AvgIpc) is 3.47. The van der Waals surface area contributed by atoms with E-state index in [1.165, 1.54) is 193 Å². The predicted octanol–water partition coefficient (Wildman–Crippen LogP) is 24.0. The van der Waals surface area contributed by atoms with Gasteiger partial charge >= 0.3 is 17.9 Å². The Morgan fingerprint density at radius 2 is 0.494 bits per heavy atom. The van der Waals surface area contributed by atoms with Crippen LogP contribution in [0.3, 0.4) is 0 Å². The molecule has 0 aliphatic carbocycles. The van der Waals surface area contributed by atoms with Crippen molar-refractivity contribution in [3.05, 3.63) is 97.2 Å². The molecule has 0 fully saturated rings. The van der Waals surface area contributed by atoms with Gasteiger partial charge in [-0.25, -0.2) is 0 Å². The Hall–Kier alpha value is -3.67. The fourth-order valence-electron chi connectivity index (χ4n) is 9.84. The molecule has 1 atom stereocenters. The lowest BCUT2D eigenvalue weighted by Crippen LogP contribution is -2.30. The van der Waals surface area contributed by atoms with Crippen molar-refractivity contribution >= 4 is 17.9 Å². The van der Waals surface area contributed by atoms with Crippen molar-refractivity contribution in [2.24, 2.45) is 0 Å². The van der Waals surface area contributed by atoms with E-state index in [0.717, 1.165) is 103 Å². The molecule has 0 aliphatic rings. The molecule has 81 heavy (non-hydrogen) atoms. The van der Waals surface area contributed by atoms with Gasteiger partial charge in [0.05, 0.1) is 0 Å². The smallest absolute Gasteiger partial charge is 0.306 e. The van der Waals surface area contributed by atoms with Crippen LogP contribution in [0.2, 0.25) is 0 Å². The topological polar surface area (TPSA) is 78.9 Å². The zero-order valence-corrected chi connectivity index (χ0v) is 53.5. The summed E-state index contributed by atoms with van der Waals surface area (Å²) in [6, 6.07) is 0. The van der Waals surface area contributed by atoms with E-state index < -0.39 is 6.10 Å². The first-order chi connectivity index (χ1) is 40.0. The van der Waals surface area contributed by atoms with Crippen LogP contribution in [0.4, 0.5) is 0 Å². The van der Waals surface area contributed by atoms with Crippen molar-refractivity contribution in [3.63, 3.8) is 0 Å². The second-order valence-electron chi connectivity index (χ2n) is 23.1. The molecule has 466 valence electrons. The van der Waals surface area contributed by atoms with Gasteiger partial charge in [0.15, 0.2) is 6.10 Å². The van der Waals surface area contributed by atoms with Crippen LogP contribution in [0, 0.1) is 0 Å². The molecule has 0 saturated carbocycles. The highest BCUT2D eigenvalue weighted by atomic mass is 16.6. The minimum absolute atomic E-state index is 0.0959. The Balaban J connectivity index is 4.22. The predicted molar refractivity (Wildman–Crippen MR) is 353 cm³/mol. The van der Waals surface area contributed by atoms with Gasteiger partial charge in [0.2, 0.25) is 0 Å². The first-order valence-electron chi connectivity index (χ1n) is 34.7. The highest BCUT2D eigenvalue weighted by Crippen LogP contribution is 2.17. The number of carbonyl (C=O) groups is 3. The van der Waals surface area contributed by atoms with Crippen LogP contribution in [0.25, 0.3) is 0 Å². The van der Waals surface area contributed by atoms with E-state index in [-0.39, 0.29) is 37.5 Å². The molecule has 6 nitrogen and oxygen atoms in total. The molecule has 0 spiro atoms. The number of ether oxygens (including phenoxy) is 3. The molecular formula is C75H130O6. The minimum atomic E-state index is -0.805. The summed E-state index contributed by atoms with van der Waals surface area (Å²) in [6.45, 7) is 6.48. The van der Waals surface area contributed by atoms with Crippen LogP contribution in [-0.2, 0) is 28.6 Å². The van der Waals surface area contributed by atoms with E-state index >= 15 is 0 Å². The molecule has 0 saturated heterocycles. The number of allylic oxidation sites excluding steroid dienone is 16. The van der Waals surface area contributed by atoms with Crippen LogP contribution in [0.1, 0.15) is 342 Å². The Morgan fingerprint density at radius 1 is 0.259 bits per heavy atom. The molecule has 0 aromatic rings. The van der Waals surface area contributed by atoms with E-state index in [1.54, 1.807) is 0 Å². The van der Waals surface area contributed by atoms with E-state index in [9.17, 15) is 14.4 Å². The maximum absolute atomic E-state index is 12.9. The van der Waals surface area contributed by atoms with Gasteiger partial charge in [0.25, 0.3) is 0 Å². The van der Waals surface area contributed by atoms with Crippen LogP contribution in [-0.4, -0.2) is 37.2 Å². The molecule has 1 unspecified atom stereocenters. The highest BCUT2D eigenvalue weighted by molar-refractivity contribution is 5.71. The molecule has 6 heteroatoms. The van der Waals surface area contributed by atoms with Crippen LogP contribution in [0.5, 0.6) is 0 Å². The van der Waals surface area contributed by atoms with Crippen molar-refractivity contribution in [1.29, 1.82) is 0 Å². The second-order valence-corrected chi connectivity index (χ2v) is 23.1. The normalized spacial score (nSPS) is 12.7. The van der Waals surface area contributed by atoms with Gasteiger partial charge < -0.3 is 14.2 Å². The van der Waals surface area contributed by atoms with Crippen molar-refractivity contribution < 1.29 is 28.6 Å². The van der Waals surface area contributed by atoms with Gasteiger partial charge in [-0.3, -0.25) is 14.4 Å².